The van der Waals surface area contributed by atoms with Crippen molar-refractivity contribution in [2.24, 2.45) is 10.8 Å². The third-order valence-corrected chi connectivity index (χ3v) is 7.38. The minimum absolute atomic E-state index is 0.0184. The normalized spacial score (nSPS) is 20.3. The van der Waals surface area contributed by atoms with Crippen molar-refractivity contribution < 1.29 is 27.8 Å². The summed E-state index contributed by atoms with van der Waals surface area (Å²) in [4.78, 5) is 38.2. The van der Waals surface area contributed by atoms with Gasteiger partial charge in [0.25, 0.3) is 5.96 Å². The summed E-state index contributed by atoms with van der Waals surface area (Å²) in [7, 11) is -4.05. The predicted octanol–water partition coefficient (Wildman–Crippen LogP) is 0.129. The zero-order chi connectivity index (χ0) is 28.7. The zero-order valence-corrected chi connectivity index (χ0v) is 23.0. The molecule has 0 bridgehead atoms. The Bertz CT molecular complexity index is 1120. The molecule has 1 aliphatic rings. The van der Waals surface area contributed by atoms with Gasteiger partial charge < -0.3 is 26.0 Å². The zero-order valence-electron chi connectivity index (χ0n) is 22.2. The number of hydrogen-bond donors (Lipinski definition) is 4. The SMILES string of the molecule is CC(NC(=O)C(COC(C)(C)C)NS(=O)(=O)c1ccccc1)C(=O)NC1CCCN(/C(N)=N/[N+](=O)[O-])C1C. The number of ether oxygens (including phenoxy) is 1. The molecular formula is C23H37N7O7S. The number of nitro groups is 1. The summed E-state index contributed by atoms with van der Waals surface area (Å²) >= 11 is 0. The Morgan fingerprint density at radius 3 is 2.47 bits per heavy atom. The van der Waals surface area contributed by atoms with E-state index in [4.69, 9.17) is 10.5 Å². The smallest absolute Gasteiger partial charge is 0.269 e. The number of guanidine groups is 1. The molecule has 5 N–H and O–H groups in total. The summed E-state index contributed by atoms with van der Waals surface area (Å²) in [6.45, 7) is 8.70. The maximum Gasteiger partial charge on any atom is 0.269 e. The summed E-state index contributed by atoms with van der Waals surface area (Å²) in [6.07, 6.45) is 1.20. The lowest BCUT2D eigenvalue weighted by Gasteiger charge is -2.39. The number of piperidine rings is 1. The first-order valence-electron chi connectivity index (χ1n) is 12.2. The molecule has 1 aliphatic heterocycles. The van der Waals surface area contributed by atoms with Crippen LogP contribution in [0, 0.1) is 10.1 Å². The molecule has 4 atom stereocenters. The Labute approximate surface area is 222 Å². The van der Waals surface area contributed by atoms with Crippen molar-refractivity contribution >= 4 is 27.8 Å². The first-order chi connectivity index (χ1) is 17.6. The summed E-state index contributed by atoms with van der Waals surface area (Å²) in [6, 6.07) is 4.47. The molecule has 2 rings (SSSR count). The van der Waals surface area contributed by atoms with Crippen LogP contribution in [0.5, 0.6) is 0 Å². The lowest BCUT2D eigenvalue weighted by atomic mass is 9.97. The van der Waals surface area contributed by atoms with E-state index >= 15 is 0 Å². The Morgan fingerprint density at radius 1 is 1.26 bits per heavy atom. The number of benzene rings is 1. The standard InChI is InChI=1S/C23H37N7O7S/c1-15(20(31)26-18-12-9-13-29(16(18)2)22(24)27-30(33)34)25-21(32)19(14-37-23(3,4)5)28-38(35,36)17-10-7-6-8-11-17/h6-8,10-11,15-16,18-19,28H,9,12-14H2,1-5H3,(H2,24,27)(H,25,32)(H,26,31). The maximum atomic E-state index is 13.1. The summed E-state index contributed by atoms with van der Waals surface area (Å²) in [5.41, 5.74) is 5.09. The molecular weight excluding hydrogens is 518 g/mol. The topological polar surface area (TPSA) is 198 Å². The van der Waals surface area contributed by atoms with E-state index in [0.717, 1.165) is 0 Å². The second-order valence-corrected chi connectivity index (χ2v) is 11.7. The number of nitrogens with two attached hydrogens (primary N) is 1. The number of sulfonamides is 1. The van der Waals surface area contributed by atoms with Crippen LogP contribution in [-0.4, -0.2) is 79.0 Å². The molecule has 1 saturated heterocycles. The highest BCUT2D eigenvalue weighted by atomic mass is 32.2. The fourth-order valence-corrected chi connectivity index (χ4v) is 5.04. The molecule has 4 unspecified atom stereocenters. The number of carbonyl (C=O) groups excluding carboxylic acids is 2. The molecule has 15 heteroatoms. The Hall–Kier alpha value is -3.30. The second kappa shape index (κ2) is 13.0. The number of nitrogens with one attached hydrogen (secondary N) is 3. The molecule has 2 amide bonds. The van der Waals surface area contributed by atoms with Gasteiger partial charge in [0, 0.05) is 18.6 Å². The monoisotopic (exact) mass is 555 g/mol. The lowest BCUT2D eigenvalue weighted by Crippen LogP contribution is -2.60. The minimum atomic E-state index is -4.05. The van der Waals surface area contributed by atoms with Crippen LogP contribution in [0.1, 0.15) is 47.5 Å². The van der Waals surface area contributed by atoms with Crippen LogP contribution < -0.4 is 21.1 Å². The van der Waals surface area contributed by atoms with Gasteiger partial charge in [0.15, 0.2) is 5.03 Å². The van der Waals surface area contributed by atoms with Crippen LogP contribution in [0.2, 0.25) is 0 Å². The highest BCUT2D eigenvalue weighted by molar-refractivity contribution is 7.89. The molecule has 1 aromatic rings. The number of hydrazone groups is 1. The van der Waals surface area contributed by atoms with Gasteiger partial charge in [-0.15, -0.1) is 0 Å². The van der Waals surface area contributed by atoms with Crippen LogP contribution in [0.15, 0.2) is 40.3 Å². The van der Waals surface area contributed by atoms with Crippen LogP contribution in [-0.2, 0) is 24.3 Å². The van der Waals surface area contributed by atoms with Crippen molar-refractivity contribution in [1.82, 2.24) is 20.3 Å². The fraction of sp³-hybridized carbons (Fsp3) is 0.609. The van der Waals surface area contributed by atoms with Gasteiger partial charge in [-0.1, -0.05) is 18.2 Å². The second-order valence-electron chi connectivity index (χ2n) is 10.0. The van der Waals surface area contributed by atoms with Crippen molar-refractivity contribution in [3.05, 3.63) is 40.4 Å². The third-order valence-electron chi connectivity index (χ3n) is 5.90. The number of carbonyl (C=O) groups is 2. The molecule has 1 fully saturated rings. The van der Waals surface area contributed by atoms with E-state index in [2.05, 4.69) is 20.5 Å². The molecule has 38 heavy (non-hydrogen) atoms. The molecule has 0 radical (unpaired) electrons. The van der Waals surface area contributed by atoms with Gasteiger partial charge in [-0.25, -0.2) is 18.5 Å². The largest absolute Gasteiger partial charge is 0.374 e. The van der Waals surface area contributed by atoms with E-state index in [0.29, 0.717) is 19.4 Å². The quantitative estimate of drug-likeness (QED) is 0.134. The molecule has 212 valence electrons. The van der Waals surface area contributed by atoms with Gasteiger partial charge >= 0.3 is 0 Å². The van der Waals surface area contributed by atoms with Crippen LogP contribution in [0.25, 0.3) is 0 Å². The molecule has 0 saturated carbocycles. The summed E-state index contributed by atoms with van der Waals surface area (Å²) < 4.78 is 33.7. The number of amides is 2. The molecule has 1 heterocycles. The van der Waals surface area contributed by atoms with Gasteiger partial charge in [0.1, 0.15) is 17.2 Å². The molecule has 0 aliphatic carbocycles. The molecule has 0 spiro atoms. The van der Waals surface area contributed by atoms with Gasteiger partial charge in [-0.2, -0.15) is 4.72 Å². The van der Waals surface area contributed by atoms with Gasteiger partial charge in [0.05, 0.1) is 17.1 Å². The van der Waals surface area contributed by atoms with Gasteiger partial charge in [0.2, 0.25) is 21.8 Å². The lowest BCUT2D eigenvalue weighted by molar-refractivity contribution is -0.485. The molecule has 1 aromatic carbocycles. The number of hydrogen-bond acceptors (Lipinski definition) is 7. The van der Waals surface area contributed by atoms with Crippen LogP contribution >= 0.6 is 0 Å². The third kappa shape index (κ3) is 9.22. The number of nitrogens with zero attached hydrogens (tertiary/aromatic N) is 3. The van der Waals surface area contributed by atoms with Crippen LogP contribution in [0.4, 0.5) is 0 Å². The van der Waals surface area contributed by atoms with Gasteiger partial charge in [-0.3, -0.25) is 9.59 Å². The van der Waals surface area contributed by atoms with Gasteiger partial charge in [-0.05, 0) is 59.6 Å². The first-order valence-corrected chi connectivity index (χ1v) is 13.7. The van der Waals surface area contributed by atoms with E-state index < -0.39 is 50.6 Å². The van der Waals surface area contributed by atoms with Crippen molar-refractivity contribution in [1.29, 1.82) is 0 Å². The van der Waals surface area contributed by atoms with Crippen molar-refractivity contribution in [2.45, 2.75) is 82.1 Å². The Kier molecular flexibility index (Phi) is 10.6. The minimum Gasteiger partial charge on any atom is -0.374 e. The first kappa shape index (κ1) is 30.9. The number of likely N-dealkylation sites (tertiary alicyclic amines) is 1. The van der Waals surface area contributed by atoms with E-state index in [1.807, 2.05) is 0 Å². The van der Waals surface area contributed by atoms with Crippen molar-refractivity contribution in [3.63, 3.8) is 0 Å². The Morgan fingerprint density at radius 2 is 1.89 bits per heavy atom. The van der Waals surface area contributed by atoms with E-state index in [1.54, 1.807) is 50.8 Å². The molecule has 0 aromatic heterocycles. The number of rotatable bonds is 10. The van der Waals surface area contributed by atoms with E-state index in [1.165, 1.54) is 19.1 Å². The van der Waals surface area contributed by atoms with E-state index in [-0.39, 0.29) is 23.5 Å². The predicted molar refractivity (Wildman–Crippen MR) is 140 cm³/mol. The van der Waals surface area contributed by atoms with Crippen LogP contribution in [0.3, 0.4) is 0 Å². The molecule has 14 nitrogen and oxygen atoms in total. The van der Waals surface area contributed by atoms with Crippen molar-refractivity contribution in [2.75, 3.05) is 13.2 Å². The van der Waals surface area contributed by atoms with Crippen molar-refractivity contribution in [3.8, 4) is 0 Å². The maximum absolute atomic E-state index is 13.1. The van der Waals surface area contributed by atoms with E-state index in [9.17, 15) is 28.1 Å². The average molecular weight is 556 g/mol. The summed E-state index contributed by atoms with van der Waals surface area (Å²) in [5, 5.41) is 18.3. The fourth-order valence-electron chi connectivity index (χ4n) is 3.84. The summed E-state index contributed by atoms with van der Waals surface area (Å²) in [5.74, 6) is -1.50. The average Bonchev–Trinajstić information content (AvgIpc) is 2.82. The Balaban J connectivity index is 2.09. The highest BCUT2D eigenvalue weighted by Crippen LogP contribution is 2.18. The highest BCUT2D eigenvalue weighted by Gasteiger charge is 2.34.